The van der Waals surface area contributed by atoms with Crippen LogP contribution in [0.3, 0.4) is 0 Å². The number of hydrogen-bond donors (Lipinski definition) is 1. The van der Waals surface area contributed by atoms with Crippen LogP contribution < -0.4 is 5.32 Å². The molecule has 0 amide bonds. The molecule has 1 aliphatic heterocycles. The molecule has 0 bridgehead atoms. The highest BCUT2D eigenvalue weighted by molar-refractivity contribution is 9.10. The summed E-state index contributed by atoms with van der Waals surface area (Å²) in [5.41, 5.74) is 1.13. The van der Waals surface area contributed by atoms with Crippen LogP contribution in [0.5, 0.6) is 0 Å². The van der Waals surface area contributed by atoms with Gasteiger partial charge in [-0.05, 0) is 48.1 Å². The molecule has 1 unspecified atom stereocenters. The molecular formula is C11H17BrClN3. The van der Waals surface area contributed by atoms with Crippen LogP contribution in [-0.2, 0) is 6.54 Å². The van der Waals surface area contributed by atoms with E-state index in [2.05, 4.69) is 44.2 Å². The number of nitrogens with zero attached hydrogens (tertiary/aromatic N) is 2. The Balaban J connectivity index is 0.00000128. The first kappa shape index (κ1) is 13.9. The van der Waals surface area contributed by atoms with Crippen LogP contribution in [0.4, 0.5) is 0 Å². The fourth-order valence-electron chi connectivity index (χ4n) is 1.90. The van der Waals surface area contributed by atoms with Gasteiger partial charge < -0.3 is 5.32 Å². The molecule has 1 atom stereocenters. The summed E-state index contributed by atoms with van der Waals surface area (Å²) in [6, 6.07) is 4.78. The Morgan fingerprint density at radius 1 is 1.56 bits per heavy atom. The molecule has 2 heterocycles. The van der Waals surface area contributed by atoms with Gasteiger partial charge in [0, 0.05) is 29.8 Å². The van der Waals surface area contributed by atoms with Crippen molar-refractivity contribution in [3.8, 4) is 0 Å². The molecule has 1 N–H and O–H groups in total. The lowest BCUT2D eigenvalue weighted by Gasteiger charge is -2.22. The Labute approximate surface area is 111 Å². The number of hydrogen-bond acceptors (Lipinski definition) is 3. The van der Waals surface area contributed by atoms with E-state index in [1.165, 1.54) is 6.42 Å². The molecule has 5 heteroatoms. The molecule has 16 heavy (non-hydrogen) atoms. The molecular weight excluding hydrogens is 289 g/mol. The molecule has 1 aromatic heterocycles. The molecule has 0 spiro atoms. The summed E-state index contributed by atoms with van der Waals surface area (Å²) in [5, 5.41) is 3.38. The van der Waals surface area contributed by atoms with Gasteiger partial charge in [-0.1, -0.05) is 0 Å². The van der Waals surface area contributed by atoms with E-state index in [0.717, 1.165) is 29.8 Å². The monoisotopic (exact) mass is 305 g/mol. The second kappa shape index (κ2) is 6.55. The SMILES string of the molecule is CN(Cc1ccc(Br)cn1)C1CCNC1.Cl. The minimum absolute atomic E-state index is 0. The predicted molar refractivity (Wildman–Crippen MR) is 71.9 cm³/mol. The number of nitrogens with one attached hydrogen (secondary N) is 1. The van der Waals surface area contributed by atoms with E-state index in [9.17, 15) is 0 Å². The average molecular weight is 307 g/mol. The van der Waals surface area contributed by atoms with Gasteiger partial charge in [0.1, 0.15) is 0 Å². The van der Waals surface area contributed by atoms with Gasteiger partial charge >= 0.3 is 0 Å². The molecule has 1 aliphatic rings. The molecule has 0 aliphatic carbocycles. The minimum atomic E-state index is 0. The lowest BCUT2D eigenvalue weighted by atomic mass is 10.2. The average Bonchev–Trinajstić information content (AvgIpc) is 2.74. The molecule has 0 aromatic carbocycles. The van der Waals surface area contributed by atoms with Crippen LogP contribution in [-0.4, -0.2) is 36.1 Å². The zero-order valence-corrected chi connectivity index (χ0v) is 11.7. The van der Waals surface area contributed by atoms with Gasteiger partial charge in [-0.15, -0.1) is 12.4 Å². The summed E-state index contributed by atoms with van der Waals surface area (Å²) >= 11 is 3.39. The Morgan fingerprint density at radius 3 is 2.94 bits per heavy atom. The van der Waals surface area contributed by atoms with Gasteiger partial charge in [-0.2, -0.15) is 0 Å². The second-order valence-electron chi connectivity index (χ2n) is 4.03. The maximum absolute atomic E-state index is 4.38. The van der Waals surface area contributed by atoms with E-state index in [4.69, 9.17) is 0 Å². The fraction of sp³-hybridized carbons (Fsp3) is 0.545. The van der Waals surface area contributed by atoms with Crippen LogP contribution >= 0.6 is 28.3 Å². The molecule has 2 rings (SSSR count). The number of halogens is 2. The van der Waals surface area contributed by atoms with Crippen LogP contribution in [0.2, 0.25) is 0 Å². The molecule has 0 radical (unpaired) electrons. The summed E-state index contributed by atoms with van der Waals surface area (Å²) in [7, 11) is 2.17. The van der Waals surface area contributed by atoms with Crippen LogP contribution in [0.15, 0.2) is 22.8 Å². The fourth-order valence-corrected chi connectivity index (χ4v) is 2.13. The quantitative estimate of drug-likeness (QED) is 0.926. The summed E-state index contributed by atoms with van der Waals surface area (Å²) in [4.78, 5) is 6.75. The van der Waals surface area contributed by atoms with Crippen molar-refractivity contribution >= 4 is 28.3 Å². The van der Waals surface area contributed by atoms with Crippen molar-refractivity contribution in [2.75, 3.05) is 20.1 Å². The lowest BCUT2D eigenvalue weighted by Crippen LogP contribution is -2.33. The number of pyridine rings is 1. The van der Waals surface area contributed by atoms with E-state index in [1.54, 1.807) is 0 Å². The normalized spacial score (nSPS) is 19.8. The lowest BCUT2D eigenvalue weighted by molar-refractivity contribution is 0.246. The second-order valence-corrected chi connectivity index (χ2v) is 4.95. The molecule has 1 saturated heterocycles. The molecule has 90 valence electrons. The van der Waals surface area contributed by atoms with Crippen molar-refractivity contribution < 1.29 is 0 Å². The van der Waals surface area contributed by atoms with E-state index in [-0.39, 0.29) is 12.4 Å². The Kier molecular flexibility index (Phi) is 5.69. The van der Waals surface area contributed by atoms with Crippen molar-refractivity contribution in [2.45, 2.75) is 19.0 Å². The number of likely N-dealkylation sites (N-methyl/N-ethyl adjacent to an activating group) is 1. The standard InChI is InChI=1S/C11H16BrN3.ClH/c1-15(11-4-5-13-7-11)8-10-3-2-9(12)6-14-10;/h2-3,6,11,13H,4-5,7-8H2,1H3;1H. The minimum Gasteiger partial charge on any atom is -0.315 e. The first-order valence-corrected chi connectivity index (χ1v) is 6.06. The van der Waals surface area contributed by atoms with Crippen LogP contribution in [0.1, 0.15) is 12.1 Å². The van der Waals surface area contributed by atoms with Crippen molar-refractivity contribution in [1.29, 1.82) is 0 Å². The van der Waals surface area contributed by atoms with E-state index in [0.29, 0.717) is 6.04 Å². The van der Waals surface area contributed by atoms with Crippen LogP contribution in [0.25, 0.3) is 0 Å². The van der Waals surface area contributed by atoms with Gasteiger partial charge in [-0.3, -0.25) is 9.88 Å². The maximum Gasteiger partial charge on any atom is 0.0544 e. The van der Waals surface area contributed by atoms with Gasteiger partial charge in [0.25, 0.3) is 0 Å². The molecule has 0 saturated carbocycles. The Hall–Kier alpha value is -0.160. The molecule has 3 nitrogen and oxygen atoms in total. The number of aromatic nitrogens is 1. The largest absolute Gasteiger partial charge is 0.315 e. The van der Waals surface area contributed by atoms with Crippen molar-refractivity contribution in [3.63, 3.8) is 0 Å². The smallest absolute Gasteiger partial charge is 0.0544 e. The van der Waals surface area contributed by atoms with Crippen LogP contribution in [0, 0.1) is 0 Å². The zero-order chi connectivity index (χ0) is 10.7. The van der Waals surface area contributed by atoms with Gasteiger partial charge in [0.2, 0.25) is 0 Å². The van der Waals surface area contributed by atoms with E-state index < -0.39 is 0 Å². The third-order valence-electron chi connectivity index (χ3n) is 2.86. The van der Waals surface area contributed by atoms with E-state index in [1.807, 2.05) is 12.3 Å². The van der Waals surface area contributed by atoms with E-state index >= 15 is 0 Å². The topological polar surface area (TPSA) is 28.2 Å². The maximum atomic E-state index is 4.38. The molecule has 1 fully saturated rings. The summed E-state index contributed by atoms with van der Waals surface area (Å²) < 4.78 is 1.04. The summed E-state index contributed by atoms with van der Waals surface area (Å²) in [5.74, 6) is 0. The predicted octanol–water partition coefficient (Wildman–Crippen LogP) is 2.06. The van der Waals surface area contributed by atoms with Crippen molar-refractivity contribution in [1.82, 2.24) is 15.2 Å². The van der Waals surface area contributed by atoms with Gasteiger partial charge in [0.15, 0.2) is 0 Å². The van der Waals surface area contributed by atoms with Gasteiger partial charge in [0.05, 0.1) is 5.69 Å². The highest BCUT2D eigenvalue weighted by atomic mass is 79.9. The zero-order valence-electron chi connectivity index (χ0n) is 9.32. The number of rotatable bonds is 3. The first-order chi connectivity index (χ1) is 7.25. The molecule has 1 aromatic rings. The third kappa shape index (κ3) is 3.70. The Bertz CT molecular complexity index is 312. The highest BCUT2D eigenvalue weighted by Gasteiger charge is 2.19. The third-order valence-corrected chi connectivity index (χ3v) is 3.33. The van der Waals surface area contributed by atoms with Crippen molar-refractivity contribution in [2.24, 2.45) is 0 Å². The summed E-state index contributed by atoms with van der Waals surface area (Å²) in [6.45, 7) is 3.18. The van der Waals surface area contributed by atoms with Gasteiger partial charge in [-0.25, -0.2) is 0 Å². The highest BCUT2D eigenvalue weighted by Crippen LogP contribution is 2.12. The van der Waals surface area contributed by atoms with Crippen molar-refractivity contribution in [3.05, 3.63) is 28.5 Å². The summed E-state index contributed by atoms with van der Waals surface area (Å²) in [6.07, 6.45) is 3.10. The Morgan fingerprint density at radius 2 is 2.38 bits per heavy atom. The first-order valence-electron chi connectivity index (χ1n) is 5.27.